The van der Waals surface area contributed by atoms with Crippen LogP contribution >= 0.6 is 0 Å². The van der Waals surface area contributed by atoms with E-state index < -0.39 is 5.91 Å². The molecule has 0 aliphatic heterocycles. The Morgan fingerprint density at radius 1 is 1.42 bits per heavy atom. The van der Waals surface area contributed by atoms with E-state index in [2.05, 4.69) is 15.3 Å². The predicted octanol–water partition coefficient (Wildman–Crippen LogP) is 0.311. The highest BCUT2D eigenvalue weighted by atomic mass is 16.1. The van der Waals surface area contributed by atoms with Crippen molar-refractivity contribution in [2.24, 2.45) is 11.5 Å². The number of nitrogens with two attached hydrogens (primary N) is 2. The molecule has 1 rings (SSSR count). The largest absolute Gasteiger partial charge is 0.364 e. The number of hydrogen-bond donors (Lipinski definition) is 3. The van der Waals surface area contributed by atoms with Crippen molar-refractivity contribution < 1.29 is 4.79 Å². The van der Waals surface area contributed by atoms with Crippen molar-refractivity contribution in [3.05, 3.63) is 11.4 Å². The Bertz CT molecular complexity index is 460. The van der Waals surface area contributed by atoms with Crippen LogP contribution in [0.25, 0.3) is 0 Å². The zero-order valence-electron chi connectivity index (χ0n) is 11.9. The van der Waals surface area contributed by atoms with Gasteiger partial charge in [0.15, 0.2) is 17.3 Å². The fourth-order valence-corrected chi connectivity index (χ4v) is 1.64. The van der Waals surface area contributed by atoms with Crippen molar-refractivity contribution in [1.29, 1.82) is 0 Å². The van der Waals surface area contributed by atoms with Gasteiger partial charge in [0.1, 0.15) is 0 Å². The van der Waals surface area contributed by atoms with Crippen LogP contribution in [-0.2, 0) is 6.42 Å². The molecule has 0 bridgehead atoms. The molecule has 7 heteroatoms. The van der Waals surface area contributed by atoms with Gasteiger partial charge in [0.05, 0.1) is 11.9 Å². The van der Waals surface area contributed by atoms with Crippen molar-refractivity contribution in [2.45, 2.75) is 33.4 Å². The number of primary amides is 1. The first kappa shape index (κ1) is 15.2. The highest BCUT2D eigenvalue weighted by molar-refractivity contribution is 5.95. The molecule has 0 fully saturated rings. The molecule has 106 valence electrons. The Balaban J connectivity index is 3.37. The third-order valence-electron chi connectivity index (χ3n) is 2.72. The van der Waals surface area contributed by atoms with Crippen molar-refractivity contribution in [1.82, 2.24) is 9.97 Å². The summed E-state index contributed by atoms with van der Waals surface area (Å²) in [5.74, 6) is 0.448. The van der Waals surface area contributed by atoms with E-state index in [1.807, 2.05) is 25.8 Å². The number of carbonyl (C=O) groups is 1. The lowest BCUT2D eigenvalue weighted by Gasteiger charge is -2.21. The molecule has 0 saturated carbocycles. The van der Waals surface area contributed by atoms with Gasteiger partial charge >= 0.3 is 0 Å². The van der Waals surface area contributed by atoms with Gasteiger partial charge in [0, 0.05) is 13.6 Å². The van der Waals surface area contributed by atoms with Gasteiger partial charge in [-0.1, -0.05) is 6.92 Å². The summed E-state index contributed by atoms with van der Waals surface area (Å²) in [4.78, 5) is 22.2. The lowest BCUT2D eigenvalue weighted by Crippen LogP contribution is -2.30. The van der Waals surface area contributed by atoms with E-state index in [1.54, 1.807) is 6.92 Å². The maximum absolute atomic E-state index is 11.4. The Morgan fingerprint density at radius 3 is 2.47 bits per heavy atom. The van der Waals surface area contributed by atoms with Gasteiger partial charge in [-0.05, 0) is 20.3 Å². The quantitative estimate of drug-likeness (QED) is 0.639. The van der Waals surface area contributed by atoms with Crippen LogP contribution in [0.15, 0.2) is 0 Å². The van der Waals surface area contributed by atoms with Crippen LogP contribution in [0, 0.1) is 0 Å². The minimum atomic E-state index is -0.615. The molecule has 1 amide bonds. The molecule has 0 aliphatic carbocycles. The highest BCUT2D eigenvalue weighted by Crippen LogP contribution is 2.21. The summed E-state index contributed by atoms with van der Waals surface area (Å²) in [6, 6.07) is 0. The summed E-state index contributed by atoms with van der Waals surface area (Å²) in [6.45, 7) is 6.51. The first-order chi connectivity index (χ1) is 8.90. The molecule has 1 unspecified atom stereocenters. The second-order valence-corrected chi connectivity index (χ2v) is 4.36. The van der Waals surface area contributed by atoms with E-state index in [4.69, 9.17) is 11.5 Å². The Labute approximate surface area is 113 Å². The van der Waals surface area contributed by atoms with Gasteiger partial charge in [-0.15, -0.1) is 0 Å². The van der Waals surface area contributed by atoms with Crippen molar-refractivity contribution in [2.75, 3.05) is 23.8 Å². The third kappa shape index (κ3) is 3.54. The number of carbonyl (C=O) groups excluding carboxylic acids is 1. The minimum absolute atomic E-state index is 0.127. The molecule has 1 heterocycles. The lowest BCUT2D eigenvalue weighted by molar-refractivity contribution is 0.0996. The second kappa shape index (κ2) is 6.33. The summed E-state index contributed by atoms with van der Waals surface area (Å²) in [5, 5.41) is 2.90. The average Bonchev–Trinajstić information content (AvgIpc) is 2.36. The first-order valence-electron chi connectivity index (χ1n) is 6.34. The van der Waals surface area contributed by atoms with Gasteiger partial charge in [-0.3, -0.25) is 4.79 Å². The number of rotatable bonds is 6. The molecule has 0 aliphatic rings. The standard InChI is InChI=1S/C12H22N6O/c1-5-8-12(18(4)6-2)17-11(15-7(3)13)9(16-8)10(14)19/h7H,5-6,13H2,1-4H3,(H2,14,19)(H,15,17). The zero-order valence-corrected chi connectivity index (χ0v) is 11.9. The summed E-state index contributed by atoms with van der Waals surface area (Å²) >= 11 is 0. The van der Waals surface area contributed by atoms with Gasteiger partial charge in [0.25, 0.3) is 5.91 Å². The van der Waals surface area contributed by atoms with Crippen LogP contribution in [0.5, 0.6) is 0 Å². The number of aryl methyl sites for hydroxylation is 1. The van der Waals surface area contributed by atoms with E-state index in [0.717, 1.165) is 18.1 Å². The molecular weight excluding hydrogens is 244 g/mol. The van der Waals surface area contributed by atoms with Crippen LogP contribution < -0.4 is 21.7 Å². The average molecular weight is 266 g/mol. The molecule has 1 atom stereocenters. The number of nitrogens with one attached hydrogen (secondary N) is 1. The smallest absolute Gasteiger partial charge is 0.271 e. The molecule has 1 aromatic rings. The fourth-order valence-electron chi connectivity index (χ4n) is 1.64. The van der Waals surface area contributed by atoms with Crippen LogP contribution in [0.4, 0.5) is 11.6 Å². The molecular formula is C12H22N6O. The van der Waals surface area contributed by atoms with Gasteiger partial charge < -0.3 is 21.7 Å². The summed E-state index contributed by atoms with van der Waals surface area (Å²) in [6.07, 6.45) is 0.324. The second-order valence-electron chi connectivity index (χ2n) is 4.36. The predicted molar refractivity (Wildman–Crippen MR) is 76.1 cm³/mol. The van der Waals surface area contributed by atoms with Gasteiger partial charge in [-0.2, -0.15) is 0 Å². The Morgan fingerprint density at radius 2 is 2.05 bits per heavy atom. The monoisotopic (exact) mass is 266 g/mol. The fraction of sp³-hybridized carbons (Fsp3) is 0.583. The molecule has 7 nitrogen and oxygen atoms in total. The van der Waals surface area contributed by atoms with E-state index in [1.165, 1.54) is 0 Å². The first-order valence-corrected chi connectivity index (χ1v) is 6.34. The van der Waals surface area contributed by atoms with Crippen molar-refractivity contribution in [3.8, 4) is 0 Å². The number of nitrogens with zero attached hydrogens (tertiary/aromatic N) is 3. The molecule has 0 saturated heterocycles. The zero-order chi connectivity index (χ0) is 14.6. The Kier molecular flexibility index (Phi) is 5.05. The summed E-state index contributed by atoms with van der Waals surface area (Å²) in [7, 11) is 1.92. The molecule has 0 spiro atoms. The molecule has 5 N–H and O–H groups in total. The normalized spacial score (nSPS) is 12.1. The summed E-state index contributed by atoms with van der Waals surface area (Å²) < 4.78 is 0. The van der Waals surface area contributed by atoms with E-state index in [9.17, 15) is 4.79 Å². The van der Waals surface area contributed by atoms with E-state index >= 15 is 0 Å². The van der Waals surface area contributed by atoms with Crippen LogP contribution in [0.2, 0.25) is 0 Å². The number of anilines is 2. The van der Waals surface area contributed by atoms with Gasteiger partial charge in [0.2, 0.25) is 0 Å². The molecule has 1 aromatic heterocycles. The molecule has 19 heavy (non-hydrogen) atoms. The van der Waals surface area contributed by atoms with Crippen LogP contribution in [0.1, 0.15) is 37.0 Å². The van der Waals surface area contributed by atoms with Crippen molar-refractivity contribution in [3.63, 3.8) is 0 Å². The molecule has 0 radical (unpaired) electrons. The van der Waals surface area contributed by atoms with Crippen molar-refractivity contribution >= 4 is 17.5 Å². The third-order valence-corrected chi connectivity index (χ3v) is 2.72. The van der Waals surface area contributed by atoms with Gasteiger partial charge in [-0.25, -0.2) is 9.97 Å². The number of amides is 1. The number of aromatic nitrogens is 2. The van der Waals surface area contributed by atoms with Crippen LogP contribution in [0.3, 0.4) is 0 Å². The van der Waals surface area contributed by atoms with E-state index in [-0.39, 0.29) is 11.9 Å². The number of hydrogen-bond acceptors (Lipinski definition) is 6. The lowest BCUT2D eigenvalue weighted by atomic mass is 10.2. The SMILES string of the molecule is CCc1nc(C(N)=O)c(NC(C)N)nc1N(C)CC. The maximum Gasteiger partial charge on any atom is 0.271 e. The summed E-state index contributed by atoms with van der Waals surface area (Å²) in [5.41, 5.74) is 11.9. The topological polar surface area (TPSA) is 110 Å². The highest BCUT2D eigenvalue weighted by Gasteiger charge is 2.18. The minimum Gasteiger partial charge on any atom is -0.364 e. The molecule has 0 aromatic carbocycles. The Hall–Kier alpha value is -1.89. The van der Waals surface area contributed by atoms with E-state index in [0.29, 0.717) is 12.2 Å². The van der Waals surface area contributed by atoms with Crippen LogP contribution in [-0.4, -0.2) is 35.6 Å². The maximum atomic E-state index is 11.4.